The Labute approximate surface area is 117 Å². The zero-order valence-corrected chi connectivity index (χ0v) is 12.0. The number of Topliss-reactive ketones (excluding diaryl/α,β-unsaturated/α-hetero) is 1. The Morgan fingerprint density at radius 1 is 1.40 bits per heavy atom. The van der Waals surface area contributed by atoms with Crippen molar-refractivity contribution in [1.82, 2.24) is 14.5 Å². The molecule has 0 bridgehead atoms. The number of aromatic nitrogens is 2. The van der Waals surface area contributed by atoms with Gasteiger partial charge in [0, 0.05) is 25.3 Å². The Bertz CT molecular complexity index is 596. The lowest BCUT2D eigenvalue weighted by atomic mass is 10.2. The van der Waals surface area contributed by atoms with Crippen molar-refractivity contribution in [1.29, 1.82) is 0 Å². The number of rotatable bonds is 5. The third-order valence-electron chi connectivity index (χ3n) is 4.06. The van der Waals surface area contributed by atoms with Gasteiger partial charge in [0.2, 0.25) is 0 Å². The lowest BCUT2D eigenvalue weighted by molar-refractivity contribution is 0.101. The molecule has 6 nitrogen and oxygen atoms in total. The van der Waals surface area contributed by atoms with E-state index >= 15 is 0 Å². The number of H-pyrrole nitrogens is 1. The van der Waals surface area contributed by atoms with Crippen LogP contribution in [0, 0.1) is 0 Å². The van der Waals surface area contributed by atoms with Crippen molar-refractivity contribution in [2.75, 3.05) is 13.6 Å². The summed E-state index contributed by atoms with van der Waals surface area (Å²) in [7, 11) is 2.02. The minimum absolute atomic E-state index is 0.0353. The Balaban J connectivity index is 2.13. The molecule has 1 N–H and O–H groups in total. The van der Waals surface area contributed by atoms with Crippen LogP contribution in [-0.4, -0.2) is 39.9 Å². The van der Waals surface area contributed by atoms with Crippen LogP contribution in [0.1, 0.15) is 43.0 Å². The summed E-state index contributed by atoms with van der Waals surface area (Å²) in [6.07, 6.45) is 6.04. The van der Waals surface area contributed by atoms with E-state index in [2.05, 4.69) is 9.88 Å². The first-order chi connectivity index (χ1) is 9.50. The first-order valence-electron chi connectivity index (χ1n) is 7.04. The standard InChI is InChI=1S/C14H21N3O3/c1-10(18)12-9-15-14(20)17(13(12)19)8-7-16(2)11-5-3-4-6-11/h9,11H,3-8H2,1-2H3,(H,15,20). The molecule has 110 valence electrons. The van der Waals surface area contributed by atoms with Gasteiger partial charge in [-0.25, -0.2) is 4.79 Å². The van der Waals surface area contributed by atoms with Crippen LogP contribution in [0.2, 0.25) is 0 Å². The van der Waals surface area contributed by atoms with Gasteiger partial charge in [-0.2, -0.15) is 0 Å². The van der Waals surface area contributed by atoms with Crippen molar-refractivity contribution in [3.63, 3.8) is 0 Å². The van der Waals surface area contributed by atoms with Gasteiger partial charge in [-0.3, -0.25) is 14.2 Å². The van der Waals surface area contributed by atoms with E-state index in [4.69, 9.17) is 0 Å². The average molecular weight is 279 g/mol. The lowest BCUT2D eigenvalue weighted by Crippen LogP contribution is -2.41. The molecule has 20 heavy (non-hydrogen) atoms. The minimum Gasteiger partial charge on any atom is -0.313 e. The van der Waals surface area contributed by atoms with E-state index in [1.165, 1.54) is 38.8 Å². The zero-order chi connectivity index (χ0) is 14.7. The van der Waals surface area contributed by atoms with Gasteiger partial charge >= 0.3 is 5.69 Å². The van der Waals surface area contributed by atoms with E-state index in [9.17, 15) is 14.4 Å². The number of hydrogen-bond donors (Lipinski definition) is 1. The van der Waals surface area contributed by atoms with E-state index in [1.807, 2.05) is 7.05 Å². The first kappa shape index (κ1) is 14.7. The number of likely N-dealkylation sites (N-methyl/N-ethyl adjacent to an activating group) is 1. The molecule has 1 aromatic rings. The molecule has 0 atom stereocenters. The van der Waals surface area contributed by atoms with Crippen molar-refractivity contribution in [3.8, 4) is 0 Å². The molecule has 1 aliphatic carbocycles. The molecule has 0 aliphatic heterocycles. The van der Waals surface area contributed by atoms with Crippen LogP contribution in [0.4, 0.5) is 0 Å². The maximum absolute atomic E-state index is 12.1. The molecule has 0 radical (unpaired) electrons. The summed E-state index contributed by atoms with van der Waals surface area (Å²) in [6, 6.07) is 0.542. The molecule has 0 spiro atoms. The second-order valence-corrected chi connectivity index (χ2v) is 5.44. The summed E-state index contributed by atoms with van der Waals surface area (Å²) in [4.78, 5) is 39.8. The summed E-state index contributed by atoms with van der Waals surface area (Å²) in [5.41, 5.74) is -0.922. The smallest absolute Gasteiger partial charge is 0.313 e. The maximum Gasteiger partial charge on any atom is 0.328 e. The first-order valence-corrected chi connectivity index (χ1v) is 7.04. The molecule has 1 saturated carbocycles. The normalized spacial score (nSPS) is 15.9. The Morgan fingerprint density at radius 2 is 2.05 bits per heavy atom. The SMILES string of the molecule is CC(=O)c1c[nH]c(=O)n(CCN(C)C2CCCC2)c1=O. The molecule has 0 unspecified atom stereocenters. The summed E-state index contributed by atoms with van der Waals surface area (Å²) in [5, 5.41) is 0. The molecular weight excluding hydrogens is 258 g/mol. The van der Waals surface area contributed by atoms with Crippen LogP contribution in [0.3, 0.4) is 0 Å². The number of hydrogen-bond acceptors (Lipinski definition) is 4. The van der Waals surface area contributed by atoms with E-state index in [0.29, 0.717) is 19.1 Å². The van der Waals surface area contributed by atoms with E-state index in [-0.39, 0.29) is 11.3 Å². The molecule has 1 aliphatic rings. The highest BCUT2D eigenvalue weighted by molar-refractivity contribution is 5.93. The largest absolute Gasteiger partial charge is 0.328 e. The van der Waals surface area contributed by atoms with Crippen LogP contribution < -0.4 is 11.2 Å². The molecule has 0 aromatic carbocycles. The molecule has 2 rings (SSSR count). The van der Waals surface area contributed by atoms with Crippen molar-refractivity contribution < 1.29 is 4.79 Å². The van der Waals surface area contributed by atoms with Gasteiger partial charge in [-0.05, 0) is 26.8 Å². The molecule has 1 aromatic heterocycles. The highest BCUT2D eigenvalue weighted by Crippen LogP contribution is 2.21. The fraction of sp³-hybridized carbons (Fsp3) is 0.643. The summed E-state index contributed by atoms with van der Waals surface area (Å²) < 4.78 is 1.11. The van der Waals surface area contributed by atoms with Gasteiger partial charge in [-0.15, -0.1) is 0 Å². The van der Waals surface area contributed by atoms with Gasteiger partial charge in [0.15, 0.2) is 5.78 Å². The minimum atomic E-state index is -0.499. The van der Waals surface area contributed by atoms with Gasteiger partial charge < -0.3 is 9.88 Å². The zero-order valence-electron chi connectivity index (χ0n) is 12.0. The Hall–Kier alpha value is -1.69. The van der Waals surface area contributed by atoms with Gasteiger partial charge in [-0.1, -0.05) is 12.8 Å². The molecule has 1 fully saturated rings. The van der Waals surface area contributed by atoms with E-state index < -0.39 is 11.2 Å². The summed E-state index contributed by atoms with van der Waals surface area (Å²) >= 11 is 0. The molecule has 0 amide bonds. The maximum atomic E-state index is 12.1. The monoisotopic (exact) mass is 279 g/mol. The summed E-state index contributed by atoms with van der Waals surface area (Å²) in [5.74, 6) is -0.329. The van der Waals surface area contributed by atoms with Crippen molar-refractivity contribution >= 4 is 5.78 Å². The van der Waals surface area contributed by atoms with Gasteiger partial charge in [0.25, 0.3) is 5.56 Å². The number of ketones is 1. The van der Waals surface area contributed by atoms with E-state index in [1.54, 1.807) is 0 Å². The number of nitrogens with one attached hydrogen (secondary N) is 1. The van der Waals surface area contributed by atoms with Crippen molar-refractivity contribution in [3.05, 3.63) is 32.6 Å². The van der Waals surface area contributed by atoms with E-state index in [0.717, 1.165) is 4.57 Å². The molecule has 6 heteroatoms. The average Bonchev–Trinajstić information content (AvgIpc) is 2.91. The van der Waals surface area contributed by atoms with Gasteiger partial charge in [0.05, 0.1) is 5.56 Å². The predicted molar refractivity (Wildman–Crippen MR) is 76.2 cm³/mol. The molecule has 0 saturated heterocycles. The molecule has 1 heterocycles. The lowest BCUT2D eigenvalue weighted by Gasteiger charge is -2.23. The van der Waals surface area contributed by atoms with Crippen LogP contribution in [0.15, 0.2) is 15.8 Å². The summed E-state index contributed by atoms with van der Waals surface area (Å²) in [6.45, 7) is 2.27. The van der Waals surface area contributed by atoms with Crippen LogP contribution in [0.25, 0.3) is 0 Å². The fourth-order valence-electron chi connectivity index (χ4n) is 2.75. The Morgan fingerprint density at radius 3 is 2.65 bits per heavy atom. The number of carbonyl (C=O) groups excluding carboxylic acids is 1. The van der Waals surface area contributed by atoms with Crippen LogP contribution >= 0.6 is 0 Å². The third-order valence-corrected chi connectivity index (χ3v) is 4.06. The predicted octanol–water partition coefficient (Wildman–Crippen LogP) is 0.614. The van der Waals surface area contributed by atoms with Gasteiger partial charge in [0.1, 0.15) is 0 Å². The number of carbonyl (C=O) groups is 1. The highest BCUT2D eigenvalue weighted by atomic mass is 16.2. The highest BCUT2D eigenvalue weighted by Gasteiger charge is 2.19. The van der Waals surface area contributed by atoms with Crippen LogP contribution in [-0.2, 0) is 6.54 Å². The molecular formula is C14H21N3O3. The van der Waals surface area contributed by atoms with Crippen molar-refractivity contribution in [2.24, 2.45) is 0 Å². The number of nitrogens with zero attached hydrogens (tertiary/aromatic N) is 2. The fourth-order valence-corrected chi connectivity index (χ4v) is 2.75. The third kappa shape index (κ3) is 3.07. The second kappa shape index (κ2) is 6.17. The number of aromatic amines is 1. The quantitative estimate of drug-likeness (QED) is 0.801. The van der Waals surface area contributed by atoms with Crippen LogP contribution in [0.5, 0.6) is 0 Å². The van der Waals surface area contributed by atoms with Crippen molar-refractivity contribution in [2.45, 2.75) is 45.2 Å². The Kier molecular flexibility index (Phi) is 4.54. The topological polar surface area (TPSA) is 75.2 Å². The second-order valence-electron chi connectivity index (χ2n) is 5.44.